The lowest BCUT2D eigenvalue weighted by atomic mass is 10.1. The molecule has 1 saturated carbocycles. The third-order valence-corrected chi connectivity index (χ3v) is 5.04. The summed E-state index contributed by atoms with van der Waals surface area (Å²) >= 11 is 0. The van der Waals surface area contributed by atoms with Gasteiger partial charge in [0.15, 0.2) is 5.82 Å². The number of nitrogens with zero attached hydrogens (tertiary/aromatic N) is 4. The molecule has 2 aromatic heterocycles. The number of nitrogens with one attached hydrogen (secondary N) is 2. The van der Waals surface area contributed by atoms with Crippen LogP contribution >= 0.6 is 0 Å². The average Bonchev–Trinajstić information content (AvgIpc) is 3.48. The van der Waals surface area contributed by atoms with E-state index in [2.05, 4.69) is 30.6 Å². The quantitative estimate of drug-likeness (QED) is 0.480. The molecule has 9 nitrogen and oxygen atoms in total. The van der Waals surface area contributed by atoms with Crippen molar-refractivity contribution in [1.29, 1.82) is 0 Å². The summed E-state index contributed by atoms with van der Waals surface area (Å²) in [6.45, 7) is 1.99. The summed E-state index contributed by atoms with van der Waals surface area (Å²) < 4.78 is 0. The van der Waals surface area contributed by atoms with Crippen LogP contribution < -0.4 is 22.1 Å². The normalized spacial score (nSPS) is 15.4. The maximum atomic E-state index is 11.8. The fourth-order valence-corrected chi connectivity index (χ4v) is 2.96. The first kappa shape index (κ1) is 18.8. The van der Waals surface area contributed by atoms with Crippen molar-refractivity contribution in [2.45, 2.75) is 31.3 Å². The fraction of sp³-hybridized carbons (Fsp3) is 0.250. The van der Waals surface area contributed by atoms with Gasteiger partial charge in [-0.25, -0.2) is 15.0 Å². The van der Waals surface area contributed by atoms with Gasteiger partial charge in [0.2, 0.25) is 5.95 Å². The van der Waals surface area contributed by atoms with Crippen molar-refractivity contribution in [3.05, 3.63) is 54.5 Å². The lowest BCUT2D eigenvalue weighted by molar-refractivity contribution is 0.100. The van der Waals surface area contributed by atoms with Crippen molar-refractivity contribution in [3.63, 3.8) is 0 Å². The van der Waals surface area contributed by atoms with Crippen molar-refractivity contribution in [2.75, 3.05) is 10.6 Å². The fourth-order valence-electron chi connectivity index (χ4n) is 2.96. The van der Waals surface area contributed by atoms with Gasteiger partial charge < -0.3 is 22.1 Å². The molecule has 3 aromatic rings. The monoisotopic (exact) mass is 390 g/mol. The second kappa shape index (κ2) is 7.44. The van der Waals surface area contributed by atoms with Crippen molar-refractivity contribution in [3.8, 4) is 11.4 Å². The largest absolute Gasteiger partial charge is 0.365 e. The van der Waals surface area contributed by atoms with Gasteiger partial charge in [0.05, 0.1) is 0 Å². The van der Waals surface area contributed by atoms with E-state index in [1.165, 1.54) is 6.20 Å². The molecule has 29 heavy (non-hydrogen) atoms. The zero-order valence-corrected chi connectivity index (χ0v) is 16.0. The number of carbonyl (C=O) groups is 1. The Morgan fingerprint density at radius 1 is 1.17 bits per heavy atom. The van der Waals surface area contributed by atoms with Crippen LogP contribution in [0, 0.1) is 0 Å². The number of rotatable bonds is 7. The second-order valence-electron chi connectivity index (χ2n) is 7.20. The first-order valence-corrected chi connectivity index (χ1v) is 9.31. The third kappa shape index (κ3) is 4.14. The molecule has 2 heterocycles. The Bertz CT molecular complexity index is 1040. The molecule has 0 saturated heterocycles. The van der Waals surface area contributed by atoms with Gasteiger partial charge in [-0.15, -0.1) is 0 Å². The highest BCUT2D eigenvalue weighted by Gasteiger charge is 2.43. The number of anilines is 3. The van der Waals surface area contributed by atoms with Crippen LogP contribution in [0.25, 0.3) is 11.4 Å². The van der Waals surface area contributed by atoms with E-state index in [1.807, 2.05) is 31.2 Å². The molecule has 6 N–H and O–H groups in total. The topological polar surface area (TPSA) is 145 Å². The molecule has 148 valence electrons. The SMILES string of the molecule is C[C@@H](Nc1ncc(C(N)=O)c(Nc2cccc(-c3ncccn3)c2)n1)C1(N)CC1. The van der Waals surface area contributed by atoms with E-state index < -0.39 is 5.91 Å². The lowest BCUT2D eigenvalue weighted by Gasteiger charge is -2.21. The number of amides is 1. The molecule has 0 spiro atoms. The van der Waals surface area contributed by atoms with Crippen LogP contribution in [0.5, 0.6) is 0 Å². The molecule has 1 aliphatic rings. The Morgan fingerprint density at radius 2 is 1.93 bits per heavy atom. The van der Waals surface area contributed by atoms with Crippen molar-refractivity contribution in [2.24, 2.45) is 11.5 Å². The van der Waals surface area contributed by atoms with Crippen LogP contribution in [0.15, 0.2) is 48.9 Å². The summed E-state index contributed by atoms with van der Waals surface area (Å²) in [6.07, 6.45) is 6.69. The molecule has 1 aliphatic carbocycles. The maximum Gasteiger partial charge on any atom is 0.254 e. The van der Waals surface area contributed by atoms with Gasteiger partial charge in [0.25, 0.3) is 5.91 Å². The Kier molecular flexibility index (Phi) is 4.81. The molecule has 1 atom stereocenters. The summed E-state index contributed by atoms with van der Waals surface area (Å²) in [6, 6.07) is 9.26. The third-order valence-electron chi connectivity index (χ3n) is 5.04. The van der Waals surface area contributed by atoms with Crippen molar-refractivity contribution in [1.82, 2.24) is 19.9 Å². The highest BCUT2D eigenvalue weighted by atomic mass is 16.1. The van der Waals surface area contributed by atoms with E-state index in [9.17, 15) is 4.79 Å². The van der Waals surface area contributed by atoms with Gasteiger partial charge in [-0.2, -0.15) is 4.98 Å². The van der Waals surface area contributed by atoms with E-state index in [-0.39, 0.29) is 17.1 Å². The minimum atomic E-state index is -0.618. The number of nitrogens with two attached hydrogens (primary N) is 2. The van der Waals surface area contributed by atoms with Gasteiger partial charge in [-0.05, 0) is 38.0 Å². The molecule has 0 radical (unpaired) electrons. The average molecular weight is 390 g/mol. The van der Waals surface area contributed by atoms with Crippen LogP contribution in [-0.2, 0) is 0 Å². The van der Waals surface area contributed by atoms with Crippen molar-refractivity contribution < 1.29 is 4.79 Å². The molecule has 1 aromatic carbocycles. The van der Waals surface area contributed by atoms with Gasteiger partial charge in [0.1, 0.15) is 11.4 Å². The van der Waals surface area contributed by atoms with E-state index in [1.54, 1.807) is 18.5 Å². The molecule has 9 heteroatoms. The van der Waals surface area contributed by atoms with Crippen molar-refractivity contribution >= 4 is 23.4 Å². The number of primary amides is 1. The first-order valence-electron chi connectivity index (χ1n) is 9.31. The Morgan fingerprint density at radius 3 is 2.62 bits per heavy atom. The molecule has 4 rings (SSSR count). The van der Waals surface area contributed by atoms with Crippen LogP contribution in [-0.4, -0.2) is 37.4 Å². The van der Waals surface area contributed by atoms with E-state index in [0.29, 0.717) is 23.3 Å². The molecule has 0 aliphatic heterocycles. The Labute approximate surface area is 168 Å². The summed E-state index contributed by atoms with van der Waals surface area (Å²) in [5.41, 5.74) is 13.2. The van der Waals surface area contributed by atoms with Crippen LogP contribution in [0.4, 0.5) is 17.5 Å². The molecule has 0 bridgehead atoms. The Hall–Kier alpha value is -3.59. The summed E-state index contributed by atoms with van der Waals surface area (Å²) in [5, 5.41) is 6.37. The van der Waals surface area contributed by atoms with Crippen LogP contribution in [0.3, 0.4) is 0 Å². The molecule has 1 fully saturated rings. The van der Waals surface area contributed by atoms with Crippen LogP contribution in [0.1, 0.15) is 30.1 Å². The number of hydrogen-bond donors (Lipinski definition) is 4. The highest BCUT2D eigenvalue weighted by Crippen LogP contribution is 2.36. The van der Waals surface area contributed by atoms with Gasteiger partial charge in [-0.3, -0.25) is 4.79 Å². The smallest absolute Gasteiger partial charge is 0.254 e. The maximum absolute atomic E-state index is 11.8. The number of benzene rings is 1. The number of carbonyl (C=O) groups excluding carboxylic acids is 1. The lowest BCUT2D eigenvalue weighted by Crippen LogP contribution is -2.40. The minimum Gasteiger partial charge on any atom is -0.365 e. The molecule has 1 amide bonds. The standard InChI is InChI=1S/C20H22N8O/c1-12(20(22)6-7-20)26-19-25-11-15(16(21)29)18(28-19)27-14-5-2-4-13(10-14)17-23-8-3-9-24-17/h2-5,8-12H,6-7,22H2,1H3,(H2,21,29)(H2,25,26,27,28)/t12-/m1/s1. The van der Waals surface area contributed by atoms with Gasteiger partial charge in [-0.1, -0.05) is 12.1 Å². The van der Waals surface area contributed by atoms with Gasteiger partial charge in [0, 0.05) is 41.4 Å². The summed E-state index contributed by atoms with van der Waals surface area (Å²) in [4.78, 5) is 29.0. The van der Waals surface area contributed by atoms with E-state index >= 15 is 0 Å². The highest BCUT2D eigenvalue weighted by molar-refractivity contribution is 5.98. The zero-order chi connectivity index (χ0) is 20.4. The molecular formula is C20H22N8O. The van der Waals surface area contributed by atoms with Gasteiger partial charge >= 0.3 is 0 Å². The first-order chi connectivity index (χ1) is 13.9. The summed E-state index contributed by atoms with van der Waals surface area (Å²) in [7, 11) is 0. The van der Waals surface area contributed by atoms with Crippen LogP contribution in [0.2, 0.25) is 0 Å². The second-order valence-corrected chi connectivity index (χ2v) is 7.20. The van der Waals surface area contributed by atoms with E-state index in [0.717, 1.165) is 18.4 Å². The molecule has 0 unspecified atom stereocenters. The Balaban J connectivity index is 1.61. The number of aromatic nitrogens is 4. The summed E-state index contributed by atoms with van der Waals surface area (Å²) in [5.74, 6) is 0.675. The predicted octanol–water partition coefficient (Wildman–Crippen LogP) is 2.07. The molecular weight excluding hydrogens is 368 g/mol. The minimum absolute atomic E-state index is 0.00772. The number of hydrogen-bond acceptors (Lipinski definition) is 8. The predicted molar refractivity (Wildman–Crippen MR) is 111 cm³/mol. The zero-order valence-electron chi connectivity index (χ0n) is 16.0. The van der Waals surface area contributed by atoms with E-state index in [4.69, 9.17) is 11.5 Å².